The Balaban J connectivity index is 0.000000705. The van der Waals surface area contributed by atoms with Gasteiger partial charge in [-0.15, -0.1) is 0 Å². The molecule has 1 aromatic carbocycles. The molecule has 0 saturated carbocycles. The molecule has 1 heterocycles. The summed E-state index contributed by atoms with van der Waals surface area (Å²) in [5.74, 6) is 3.69. The first-order valence-electron chi connectivity index (χ1n) is 6.85. The molecule has 1 amide bonds. The van der Waals surface area contributed by atoms with E-state index in [1.165, 1.54) is 24.3 Å². The van der Waals surface area contributed by atoms with Crippen LogP contribution in [-0.4, -0.2) is 18.4 Å². The molecule has 0 saturated heterocycles. The number of aromatic nitrogens is 1. The number of amides is 1. The predicted octanol–water partition coefficient (Wildman–Crippen LogP) is 2.47. The number of carbonyl (C=O) groups is 1. The van der Waals surface area contributed by atoms with Crippen molar-refractivity contribution < 1.29 is 27.1 Å². The highest BCUT2D eigenvalue weighted by Crippen LogP contribution is 2.29. The number of nitrogens with one attached hydrogen (secondary N) is 2. The van der Waals surface area contributed by atoms with E-state index in [0.717, 1.165) is 6.07 Å². The van der Waals surface area contributed by atoms with Gasteiger partial charge in [-0.05, 0) is 18.2 Å². The normalized spacial score (nSPS) is 10.3. The molecule has 2 rings (SSSR count). The Morgan fingerprint density at radius 1 is 1.24 bits per heavy atom. The van der Waals surface area contributed by atoms with Gasteiger partial charge in [-0.3, -0.25) is 10.2 Å². The Kier molecular flexibility index (Phi) is 7.60. The van der Waals surface area contributed by atoms with E-state index in [4.69, 9.17) is 9.53 Å². The molecule has 0 atom stereocenters. The van der Waals surface area contributed by atoms with Crippen molar-refractivity contribution >= 4 is 12.1 Å². The van der Waals surface area contributed by atoms with Crippen molar-refractivity contribution in [1.29, 1.82) is 0 Å². The third kappa shape index (κ3) is 6.26. The number of carbonyl (C=O) groups excluding carboxylic acids is 1. The number of nitrogens with two attached hydrogens (primary N) is 1. The quantitative estimate of drug-likeness (QED) is 0.251. The molecule has 2 aromatic rings. The second-order valence-electron chi connectivity index (χ2n) is 4.45. The molecule has 0 bridgehead atoms. The summed E-state index contributed by atoms with van der Waals surface area (Å²) in [5.41, 5.74) is 1.42. The highest BCUT2D eigenvalue weighted by Gasteiger charge is 2.32. The molecule has 0 aliphatic carbocycles. The van der Waals surface area contributed by atoms with Crippen LogP contribution in [0.2, 0.25) is 0 Å². The number of ether oxygens (including phenoxy) is 1. The summed E-state index contributed by atoms with van der Waals surface area (Å²) in [6, 6.07) is 7.73. The fourth-order valence-corrected chi connectivity index (χ4v) is 1.74. The third-order valence-electron chi connectivity index (χ3n) is 2.83. The Morgan fingerprint density at radius 3 is 2.44 bits per heavy atom. The molecule has 4 N–H and O–H groups in total. The highest BCUT2D eigenvalue weighted by atomic mass is 19.4. The van der Waals surface area contributed by atoms with Gasteiger partial charge in [-0.2, -0.15) is 13.2 Å². The summed E-state index contributed by atoms with van der Waals surface area (Å²) in [4.78, 5) is 12.3. The van der Waals surface area contributed by atoms with Gasteiger partial charge >= 0.3 is 6.18 Å². The number of alkyl halides is 3. The number of hydrazine groups is 1. The zero-order valence-corrected chi connectivity index (χ0v) is 13.1. The lowest BCUT2D eigenvalue weighted by Crippen LogP contribution is -2.18. The van der Waals surface area contributed by atoms with Crippen LogP contribution in [0, 0.1) is 5.82 Å². The third-order valence-corrected chi connectivity index (χ3v) is 2.83. The van der Waals surface area contributed by atoms with Crippen LogP contribution < -0.4 is 21.3 Å². The molecule has 0 aliphatic rings. The topological polar surface area (TPSA) is 89.3 Å². The lowest BCUT2D eigenvalue weighted by atomic mass is 10.2. The van der Waals surface area contributed by atoms with Gasteiger partial charge < -0.3 is 10.1 Å². The first-order chi connectivity index (χ1) is 11.8. The van der Waals surface area contributed by atoms with E-state index in [2.05, 4.69) is 16.1 Å². The molecule has 25 heavy (non-hydrogen) atoms. The van der Waals surface area contributed by atoms with Crippen LogP contribution in [-0.2, 0) is 17.6 Å². The van der Waals surface area contributed by atoms with Gasteiger partial charge in [0.1, 0.15) is 18.1 Å². The lowest BCUT2D eigenvalue weighted by Gasteiger charge is -2.12. The molecular weight excluding hydrogens is 344 g/mol. The molecule has 0 aliphatic heterocycles. The van der Waals surface area contributed by atoms with Crippen LogP contribution in [0.15, 0.2) is 36.4 Å². The molecular formula is C15H16F4N4O2. The lowest BCUT2D eigenvalue weighted by molar-refractivity contribution is -0.141. The van der Waals surface area contributed by atoms with Gasteiger partial charge in [0.15, 0.2) is 0 Å². The Labute approximate surface area is 141 Å². The van der Waals surface area contributed by atoms with E-state index in [1.807, 2.05) is 0 Å². The largest absolute Gasteiger partial charge is 0.473 e. The monoisotopic (exact) mass is 360 g/mol. The van der Waals surface area contributed by atoms with Crippen LogP contribution in [0.1, 0.15) is 11.3 Å². The first-order valence-corrected chi connectivity index (χ1v) is 6.85. The summed E-state index contributed by atoms with van der Waals surface area (Å²) >= 11 is 0. The van der Waals surface area contributed by atoms with E-state index in [9.17, 15) is 17.6 Å². The van der Waals surface area contributed by atoms with Crippen molar-refractivity contribution in [2.75, 3.05) is 12.4 Å². The number of anilines is 1. The number of hydrogen-bond donors (Lipinski definition) is 3. The van der Waals surface area contributed by atoms with Crippen LogP contribution >= 0.6 is 0 Å². The number of nitrogens with zero attached hydrogens (tertiary/aromatic N) is 1. The van der Waals surface area contributed by atoms with Gasteiger partial charge in [-0.25, -0.2) is 15.2 Å². The van der Waals surface area contributed by atoms with Gasteiger partial charge in [0.05, 0.1) is 0 Å². The highest BCUT2D eigenvalue weighted by molar-refractivity contribution is 5.51. The van der Waals surface area contributed by atoms with E-state index >= 15 is 0 Å². The Hall–Kier alpha value is -2.88. The SMILES string of the molecule is CNc1cccc(F)c1COc1cccc(C(F)(F)F)n1.NNC=O. The second kappa shape index (κ2) is 9.42. The summed E-state index contributed by atoms with van der Waals surface area (Å²) in [7, 11) is 1.61. The van der Waals surface area contributed by atoms with E-state index in [0.29, 0.717) is 12.1 Å². The van der Waals surface area contributed by atoms with Gasteiger partial charge in [0, 0.05) is 24.4 Å². The smallest absolute Gasteiger partial charge is 0.433 e. The number of pyridine rings is 1. The summed E-state index contributed by atoms with van der Waals surface area (Å²) in [5, 5.41) is 2.79. The average molecular weight is 360 g/mol. The number of rotatable bonds is 5. The van der Waals surface area contributed by atoms with Crippen LogP contribution in [0.25, 0.3) is 0 Å². The minimum atomic E-state index is -4.55. The number of halogens is 4. The van der Waals surface area contributed by atoms with Crippen molar-refractivity contribution in [3.63, 3.8) is 0 Å². The summed E-state index contributed by atoms with van der Waals surface area (Å²) in [6.07, 6.45) is -4.15. The molecule has 0 radical (unpaired) electrons. The molecule has 0 spiro atoms. The molecule has 10 heteroatoms. The van der Waals surface area contributed by atoms with Crippen molar-refractivity contribution in [3.05, 3.63) is 53.5 Å². The van der Waals surface area contributed by atoms with Crippen molar-refractivity contribution in [2.45, 2.75) is 12.8 Å². The van der Waals surface area contributed by atoms with Gasteiger partial charge in [0.2, 0.25) is 12.3 Å². The first kappa shape index (κ1) is 20.2. The van der Waals surface area contributed by atoms with Crippen LogP contribution in [0.5, 0.6) is 5.88 Å². The molecule has 0 fully saturated rings. The Morgan fingerprint density at radius 2 is 1.88 bits per heavy atom. The number of hydrogen-bond acceptors (Lipinski definition) is 5. The Bertz CT molecular complexity index is 695. The van der Waals surface area contributed by atoms with Gasteiger partial charge in [-0.1, -0.05) is 12.1 Å². The molecule has 6 nitrogen and oxygen atoms in total. The molecule has 1 aromatic heterocycles. The zero-order chi connectivity index (χ0) is 18.9. The fraction of sp³-hybridized carbons (Fsp3) is 0.200. The minimum Gasteiger partial charge on any atom is -0.473 e. The maximum absolute atomic E-state index is 13.7. The summed E-state index contributed by atoms with van der Waals surface area (Å²) < 4.78 is 56.4. The van der Waals surface area contributed by atoms with Crippen LogP contribution in [0.3, 0.4) is 0 Å². The molecule has 136 valence electrons. The van der Waals surface area contributed by atoms with Crippen molar-refractivity contribution in [1.82, 2.24) is 10.4 Å². The maximum atomic E-state index is 13.7. The fourth-order valence-electron chi connectivity index (χ4n) is 1.74. The van der Waals surface area contributed by atoms with Gasteiger partial charge in [0.25, 0.3) is 0 Å². The van der Waals surface area contributed by atoms with E-state index in [-0.39, 0.29) is 18.1 Å². The maximum Gasteiger partial charge on any atom is 0.433 e. The summed E-state index contributed by atoms with van der Waals surface area (Å²) in [6.45, 7) is -0.225. The molecule has 0 unspecified atom stereocenters. The predicted molar refractivity (Wildman–Crippen MR) is 82.9 cm³/mol. The average Bonchev–Trinajstić information content (AvgIpc) is 2.60. The van der Waals surface area contributed by atoms with Crippen molar-refractivity contribution in [3.8, 4) is 5.88 Å². The second-order valence-corrected chi connectivity index (χ2v) is 4.45. The minimum absolute atomic E-state index is 0.213. The standard InChI is InChI=1S/C14H12F4N2O.CH4N2O/c1-19-11-5-2-4-10(15)9(11)8-21-13-7-3-6-12(20-13)14(16,17)18;2-3-1-4/h2-7,19H,8H2,1H3;1H,2H2,(H,3,4). The van der Waals surface area contributed by atoms with Crippen molar-refractivity contribution in [2.24, 2.45) is 5.84 Å². The number of benzene rings is 1. The van der Waals surface area contributed by atoms with Crippen LogP contribution in [0.4, 0.5) is 23.2 Å². The van der Waals surface area contributed by atoms with E-state index in [1.54, 1.807) is 18.5 Å². The zero-order valence-electron chi connectivity index (χ0n) is 13.1. The van der Waals surface area contributed by atoms with E-state index < -0.39 is 17.7 Å².